The van der Waals surface area contributed by atoms with Crippen molar-refractivity contribution in [3.05, 3.63) is 28.2 Å². The Kier molecular flexibility index (Phi) is 8.02. The third-order valence-electron chi connectivity index (χ3n) is 1.88. The van der Waals surface area contributed by atoms with Gasteiger partial charge in [0.15, 0.2) is 5.11 Å². The van der Waals surface area contributed by atoms with E-state index in [0.29, 0.717) is 33.8 Å². The summed E-state index contributed by atoms with van der Waals surface area (Å²) in [4.78, 5) is 0. The molecule has 1 rings (SSSR count). The van der Waals surface area contributed by atoms with E-state index in [4.69, 9.17) is 46.6 Å². The Labute approximate surface area is 127 Å². The van der Waals surface area contributed by atoms with E-state index in [1.54, 1.807) is 18.2 Å². The summed E-state index contributed by atoms with van der Waals surface area (Å²) < 4.78 is 0. The van der Waals surface area contributed by atoms with Gasteiger partial charge in [0.05, 0.1) is 21.6 Å². The molecule has 0 heterocycles. The Morgan fingerprint density at radius 3 is 2.39 bits per heavy atom. The molecule has 0 aliphatic carbocycles. The van der Waals surface area contributed by atoms with Crippen LogP contribution in [0, 0.1) is 5.41 Å². The molecule has 5 N–H and O–H groups in total. The molecule has 0 aliphatic rings. The van der Waals surface area contributed by atoms with Gasteiger partial charge in [-0.2, -0.15) is 0 Å². The minimum Gasteiger partial charge on any atom is -0.388 e. The summed E-state index contributed by atoms with van der Waals surface area (Å²) in [7, 11) is 0. The molecule has 0 amide bonds. The van der Waals surface area contributed by atoms with Crippen LogP contribution in [0.1, 0.15) is 6.42 Å². The van der Waals surface area contributed by atoms with E-state index in [9.17, 15) is 0 Å². The lowest BCUT2D eigenvalue weighted by Crippen LogP contribution is -2.31. The molecule has 0 fully saturated rings. The van der Waals surface area contributed by atoms with Gasteiger partial charge < -0.3 is 16.4 Å². The first-order chi connectivity index (χ1) is 8.00. The maximum atomic E-state index is 7.06. The maximum Gasteiger partial charge on any atom is 0.170 e. The average molecular weight is 328 g/mol. The summed E-state index contributed by atoms with van der Waals surface area (Å²) >= 11 is 17.0. The molecule has 100 valence electrons. The number of anilines is 1. The van der Waals surface area contributed by atoms with Crippen molar-refractivity contribution in [3.8, 4) is 0 Å². The second-order valence-electron chi connectivity index (χ2n) is 3.25. The van der Waals surface area contributed by atoms with Crippen molar-refractivity contribution < 1.29 is 0 Å². The van der Waals surface area contributed by atoms with E-state index in [0.717, 1.165) is 0 Å². The van der Waals surface area contributed by atoms with Gasteiger partial charge in [-0.05, 0) is 24.4 Å². The Bertz CT molecular complexity index is 419. The maximum absolute atomic E-state index is 7.06. The van der Waals surface area contributed by atoms with Crippen LogP contribution in [0.15, 0.2) is 18.2 Å². The lowest BCUT2D eigenvalue weighted by atomic mass is 10.3. The van der Waals surface area contributed by atoms with Gasteiger partial charge in [0.25, 0.3) is 0 Å². The van der Waals surface area contributed by atoms with Crippen LogP contribution in [0.4, 0.5) is 5.69 Å². The third-order valence-corrected chi connectivity index (χ3v) is 2.76. The van der Waals surface area contributed by atoms with Crippen molar-refractivity contribution in [2.75, 3.05) is 11.9 Å². The molecule has 0 spiro atoms. The van der Waals surface area contributed by atoms with E-state index in [-0.39, 0.29) is 18.2 Å². The molecule has 0 saturated heterocycles. The van der Waals surface area contributed by atoms with Crippen molar-refractivity contribution in [1.82, 2.24) is 5.32 Å². The van der Waals surface area contributed by atoms with Crippen molar-refractivity contribution in [1.29, 1.82) is 5.41 Å². The van der Waals surface area contributed by atoms with E-state index in [1.807, 2.05) is 0 Å². The third kappa shape index (κ3) is 5.73. The van der Waals surface area contributed by atoms with Crippen LogP contribution < -0.4 is 16.4 Å². The summed E-state index contributed by atoms with van der Waals surface area (Å²) in [5, 5.41) is 14.2. The minimum absolute atomic E-state index is 0. The average Bonchev–Trinajstić information content (AvgIpc) is 2.23. The number of halogens is 3. The molecule has 0 aliphatic heterocycles. The predicted molar refractivity (Wildman–Crippen MR) is 84.5 cm³/mol. The van der Waals surface area contributed by atoms with Gasteiger partial charge in [0.2, 0.25) is 0 Å². The highest BCUT2D eigenvalue weighted by molar-refractivity contribution is 7.80. The number of benzene rings is 1. The van der Waals surface area contributed by atoms with Crippen LogP contribution in [0.2, 0.25) is 10.0 Å². The number of nitrogens with one attached hydrogen (secondary N) is 3. The first-order valence-electron chi connectivity index (χ1n) is 4.82. The first-order valence-corrected chi connectivity index (χ1v) is 5.99. The molecule has 18 heavy (non-hydrogen) atoms. The molecule has 0 saturated carbocycles. The van der Waals surface area contributed by atoms with Crippen LogP contribution in [0.25, 0.3) is 0 Å². The fraction of sp³-hybridized carbons (Fsp3) is 0.200. The van der Waals surface area contributed by atoms with Crippen molar-refractivity contribution >= 4 is 64.5 Å². The first kappa shape index (κ1) is 17.2. The van der Waals surface area contributed by atoms with Gasteiger partial charge in [-0.1, -0.05) is 29.3 Å². The van der Waals surface area contributed by atoms with Crippen LogP contribution in [-0.4, -0.2) is 17.5 Å². The fourth-order valence-electron chi connectivity index (χ4n) is 1.09. The van der Waals surface area contributed by atoms with Crippen LogP contribution in [-0.2, 0) is 0 Å². The number of hydrogen-bond donors (Lipinski definition) is 4. The van der Waals surface area contributed by atoms with E-state index in [2.05, 4.69) is 10.6 Å². The highest BCUT2D eigenvalue weighted by Crippen LogP contribution is 2.29. The predicted octanol–water partition coefficient (Wildman–Crippen LogP) is 3.03. The molecule has 4 nitrogen and oxygen atoms in total. The minimum atomic E-state index is 0. The highest BCUT2D eigenvalue weighted by Gasteiger charge is 2.06. The lowest BCUT2D eigenvalue weighted by Gasteiger charge is -2.12. The van der Waals surface area contributed by atoms with Crippen molar-refractivity contribution in [3.63, 3.8) is 0 Å². The van der Waals surface area contributed by atoms with Gasteiger partial charge in [0.1, 0.15) is 0 Å². The Hall–Kier alpha value is -0.750. The Morgan fingerprint density at radius 2 is 1.89 bits per heavy atom. The lowest BCUT2D eigenvalue weighted by molar-refractivity contribution is 0.912. The molecule has 0 aromatic heterocycles. The summed E-state index contributed by atoms with van der Waals surface area (Å²) in [5.41, 5.74) is 5.78. The van der Waals surface area contributed by atoms with Crippen LogP contribution in [0.5, 0.6) is 0 Å². The number of rotatable bonds is 4. The molecular weight excluding hydrogens is 315 g/mol. The van der Waals surface area contributed by atoms with Gasteiger partial charge in [0, 0.05) is 13.0 Å². The van der Waals surface area contributed by atoms with Gasteiger partial charge in [-0.3, -0.25) is 5.41 Å². The van der Waals surface area contributed by atoms with E-state index >= 15 is 0 Å². The number of para-hydroxylation sites is 1. The standard InChI is InChI=1S/C10H12Cl2N4S.ClH/c11-6-2-1-3-7(12)9(6)16-10(17)15-5-4-8(13)14;/h1-3H,4-5H2,(H3,13,14)(H2,15,16,17);1H. The number of thiocarbonyl (C=S) groups is 1. The van der Waals surface area contributed by atoms with Gasteiger partial charge in [-0.25, -0.2) is 0 Å². The normalized spacial score (nSPS) is 9.22. The zero-order valence-corrected chi connectivity index (χ0v) is 12.4. The summed E-state index contributed by atoms with van der Waals surface area (Å²) in [6.07, 6.45) is 0.429. The molecule has 1 aromatic rings. The largest absolute Gasteiger partial charge is 0.388 e. The Morgan fingerprint density at radius 1 is 1.33 bits per heavy atom. The fourth-order valence-corrected chi connectivity index (χ4v) is 1.78. The second kappa shape index (κ2) is 8.37. The molecular formula is C10H13Cl3N4S. The molecule has 0 radical (unpaired) electrons. The number of hydrogen-bond acceptors (Lipinski definition) is 2. The van der Waals surface area contributed by atoms with E-state index in [1.165, 1.54) is 0 Å². The SMILES string of the molecule is Cl.N=C(N)CCNC(=S)Nc1c(Cl)cccc1Cl. The summed E-state index contributed by atoms with van der Waals surface area (Å²) in [5.74, 6) is 0.107. The van der Waals surface area contributed by atoms with Gasteiger partial charge >= 0.3 is 0 Å². The molecule has 0 bridgehead atoms. The van der Waals surface area contributed by atoms with Crippen LogP contribution >= 0.6 is 47.8 Å². The quantitative estimate of drug-likeness (QED) is 0.390. The zero-order chi connectivity index (χ0) is 12.8. The smallest absolute Gasteiger partial charge is 0.170 e. The summed E-state index contributed by atoms with van der Waals surface area (Å²) in [6, 6.07) is 5.18. The van der Waals surface area contributed by atoms with Crippen molar-refractivity contribution in [2.45, 2.75) is 6.42 Å². The van der Waals surface area contributed by atoms with Gasteiger partial charge in [-0.15, -0.1) is 12.4 Å². The van der Waals surface area contributed by atoms with Crippen molar-refractivity contribution in [2.24, 2.45) is 5.73 Å². The second-order valence-corrected chi connectivity index (χ2v) is 4.48. The molecule has 0 unspecified atom stereocenters. The highest BCUT2D eigenvalue weighted by atomic mass is 35.5. The summed E-state index contributed by atoms with van der Waals surface area (Å²) in [6.45, 7) is 0.489. The molecule has 1 aromatic carbocycles. The van der Waals surface area contributed by atoms with Crippen LogP contribution in [0.3, 0.4) is 0 Å². The number of amidine groups is 1. The molecule has 8 heteroatoms. The topological polar surface area (TPSA) is 73.9 Å². The monoisotopic (exact) mass is 326 g/mol. The Balaban J connectivity index is 0.00000289. The zero-order valence-electron chi connectivity index (χ0n) is 9.30. The van der Waals surface area contributed by atoms with E-state index < -0.39 is 0 Å². The molecule has 0 atom stereocenters. The number of nitrogens with two attached hydrogens (primary N) is 1.